The van der Waals surface area contributed by atoms with Gasteiger partial charge in [0.15, 0.2) is 9.03 Å². The number of hydrogen-bond acceptors (Lipinski definition) is 2. The van der Waals surface area contributed by atoms with Crippen LogP contribution in [0.2, 0.25) is 0 Å². The average Bonchev–Trinajstić information content (AvgIpc) is 1.66. The molecule has 0 radical (unpaired) electrons. The highest BCUT2D eigenvalue weighted by atomic mass is 31.1. The van der Waals surface area contributed by atoms with Crippen LogP contribution in [0.25, 0.3) is 0 Å². The maximum atomic E-state index is 5.05. The largest absolute Gasteiger partial charge is 0.340 e. The van der Waals surface area contributed by atoms with E-state index < -0.39 is 0 Å². The fourth-order valence-electron chi connectivity index (χ4n) is 0.260. The lowest BCUT2D eigenvalue weighted by atomic mass is 10.2. The summed E-state index contributed by atoms with van der Waals surface area (Å²) in [5.41, 5.74) is 0. The summed E-state index contributed by atoms with van der Waals surface area (Å²) in [6.45, 7) is 5.02. The third kappa shape index (κ3) is 6.35. The third-order valence-electron chi connectivity index (χ3n) is 0.559. The second-order valence-corrected chi connectivity index (χ2v) is 2.86. The van der Waals surface area contributed by atoms with Crippen molar-refractivity contribution in [3.8, 4) is 0 Å². The van der Waals surface area contributed by atoms with Gasteiger partial charge in [-0.25, -0.2) is 0 Å². The quantitative estimate of drug-likeness (QED) is 0.433. The highest BCUT2D eigenvalue weighted by Gasteiger charge is 1.90. The van der Waals surface area contributed by atoms with Crippen molar-refractivity contribution in [2.45, 2.75) is 13.8 Å². The van der Waals surface area contributed by atoms with Crippen molar-refractivity contribution in [2.24, 2.45) is 5.92 Å². The van der Waals surface area contributed by atoms with Crippen LogP contribution < -0.4 is 0 Å². The maximum Gasteiger partial charge on any atom is 0.154 e. The van der Waals surface area contributed by atoms with Crippen LogP contribution in [0.15, 0.2) is 0 Å². The summed E-state index contributed by atoms with van der Waals surface area (Å²) in [6.07, 6.45) is 0. The molecule has 0 aromatic heterocycles. The normalized spacial score (nSPS) is 12.0. The van der Waals surface area contributed by atoms with E-state index in [9.17, 15) is 0 Å². The summed E-state index contributed by atoms with van der Waals surface area (Å²) in [5.74, 6) is 0.609. The van der Waals surface area contributed by atoms with Gasteiger partial charge in [0.1, 0.15) is 0 Å². The van der Waals surface area contributed by atoms with Crippen molar-refractivity contribution >= 4 is 9.03 Å². The number of rotatable bonds is 4. The molecule has 3 heteroatoms. The van der Waals surface area contributed by atoms with Crippen molar-refractivity contribution in [1.29, 1.82) is 0 Å². The lowest BCUT2D eigenvalue weighted by molar-refractivity contribution is 0.265. The Bertz CT molecular complexity index is 47.7. The lowest BCUT2D eigenvalue weighted by Gasteiger charge is -2.02. The van der Waals surface area contributed by atoms with Gasteiger partial charge in [-0.3, -0.25) is 0 Å². The van der Waals surface area contributed by atoms with Crippen LogP contribution in [0.5, 0.6) is 0 Å². The molecule has 1 atom stereocenters. The van der Waals surface area contributed by atoms with Gasteiger partial charge in [0.25, 0.3) is 0 Å². The summed E-state index contributed by atoms with van der Waals surface area (Å²) < 4.78 is 9.75. The van der Waals surface area contributed by atoms with E-state index in [2.05, 4.69) is 13.8 Å². The van der Waals surface area contributed by atoms with Gasteiger partial charge in [0.05, 0.1) is 6.61 Å². The topological polar surface area (TPSA) is 18.5 Å². The van der Waals surface area contributed by atoms with Crippen LogP contribution in [0.1, 0.15) is 13.8 Å². The molecule has 0 amide bonds. The predicted molar refractivity (Wildman–Crippen MR) is 36.1 cm³/mol. The Morgan fingerprint density at radius 3 is 2.50 bits per heavy atom. The molecule has 50 valence electrons. The van der Waals surface area contributed by atoms with E-state index in [4.69, 9.17) is 9.05 Å². The molecule has 0 aromatic carbocycles. The van der Waals surface area contributed by atoms with Crippen molar-refractivity contribution in [3.05, 3.63) is 0 Å². The van der Waals surface area contributed by atoms with Gasteiger partial charge in [-0.05, 0) is 5.92 Å². The van der Waals surface area contributed by atoms with Gasteiger partial charge < -0.3 is 9.05 Å². The lowest BCUT2D eigenvalue weighted by Crippen LogP contribution is -1.94. The molecule has 0 heterocycles. The molecule has 0 aliphatic heterocycles. The minimum atomic E-state index is 0.208. The molecule has 0 aliphatic rings. The van der Waals surface area contributed by atoms with Gasteiger partial charge in [0, 0.05) is 7.11 Å². The van der Waals surface area contributed by atoms with E-state index >= 15 is 0 Å². The first kappa shape index (κ1) is 8.35. The van der Waals surface area contributed by atoms with E-state index in [1.165, 1.54) is 0 Å². The Kier molecular flexibility index (Phi) is 5.73. The van der Waals surface area contributed by atoms with Gasteiger partial charge in [-0.2, -0.15) is 0 Å². The molecule has 2 nitrogen and oxygen atoms in total. The molecule has 0 fully saturated rings. The molecule has 0 aromatic rings. The summed E-state index contributed by atoms with van der Waals surface area (Å²) in [5, 5.41) is 0. The summed E-state index contributed by atoms with van der Waals surface area (Å²) in [4.78, 5) is 0. The molecule has 0 saturated heterocycles. The smallest absolute Gasteiger partial charge is 0.154 e. The Balaban J connectivity index is 2.72. The van der Waals surface area contributed by atoms with Crippen molar-refractivity contribution in [3.63, 3.8) is 0 Å². The summed E-state index contributed by atoms with van der Waals surface area (Å²) in [6, 6.07) is 0. The summed E-state index contributed by atoms with van der Waals surface area (Å²) in [7, 11) is 1.85. The monoisotopic (exact) mass is 136 g/mol. The van der Waals surface area contributed by atoms with E-state index in [-0.39, 0.29) is 9.03 Å². The van der Waals surface area contributed by atoms with Crippen molar-refractivity contribution in [2.75, 3.05) is 13.7 Å². The Hall–Kier alpha value is 0.350. The molecule has 0 bridgehead atoms. The molecule has 0 aliphatic carbocycles. The maximum absolute atomic E-state index is 5.05. The van der Waals surface area contributed by atoms with E-state index in [1.54, 1.807) is 7.11 Å². The first-order chi connectivity index (χ1) is 3.77. The minimum Gasteiger partial charge on any atom is -0.340 e. The van der Waals surface area contributed by atoms with Crippen molar-refractivity contribution in [1.82, 2.24) is 0 Å². The molecule has 1 unspecified atom stereocenters. The standard InChI is InChI=1S/C5H13O2P/c1-5(2)4-7-8-6-3/h5,8H,4H2,1-3H3. The summed E-state index contributed by atoms with van der Waals surface area (Å²) >= 11 is 0. The van der Waals surface area contributed by atoms with E-state index in [1.807, 2.05) is 0 Å². The van der Waals surface area contributed by atoms with Crippen molar-refractivity contribution < 1.29 is 9.05 Å². The van der Waals surface area contributed by atoms with Gasteiger partial charge in [0.2, 0.25) is 0 Å². The van der Waals surface area contributed by atoms with Crippen LogP contribution in [-0.2, 0) is 9.05 Å². The molecule has 8 heavy (non-hydrogen) atoms. The van der Waals surface area contributed by atoms with Gasteiger partial charge in [-0.1, -0.05) is 13.8 Å². The first-order valence-corrected chi connectivity index (χ1v) is 3.48. The van der Waals surface area contributed by atoms with Gasteiger partial charge >= 0.3 is 0 Å². The molecular weight excluding hydrogens is 123 g/mol. The fourth-order valence-corrected chi connectivity index (χ4v) is 0.779. The molecule has 0 rings (SSSR count). The first-order valence-electron chi connectivity index (χ1n) is 2.67. The van der Waals surface area contributed by atoms with Crippen LogP contribution in [0, 0.1) is 5.92 Å². The zero-order chi connectivity index (χ0) is 6.41. The highest BCUT2D eigenvalue weighted by molar-refractivity contribution is 7.26. The second-order valence-electron chi connectivity index (χ2n) is 1.99. The molecule has 0 spiro atoms. The Morgan fingerprint density at radius 2 is 2.12 bits per heavy atom. The average molecular weight is 136 g/mol. The zero-order valence-corrected chi connectivity index (χ0v) is 6.60. The zero-order valence-electron chi connectivity index (χ0n) is 5.60. The van der Waals surface area contributed by atoms with E-state index in [0.717, 1.165) is 6.61 Å². The van der Waals surface area contributed by atoms with Crippen LogP contribution in [-0.4, -0.2) is 13.7 Å². The second kappa shape index (κ2) is 5.49. The third-order valence-corrected chi connectivity index (χ3v) is 1.01. The molecular formula is C5H13O2P. The fraction of sp³-hybridized carbons (Fsp3) is 1.00. The minimum absolute atomic E-state index is 0.208. The van der Waals surface area contributed by atoms with Crippen LogP contribution in [0.4, 0.5) is 0 Å². The van der Waals surface area contributed by atoms with Crippen LogP contribution in [0.3, 0.4) is 0 Å². The molecule has 0 saturated carbocycles. The van der Waals surface area contributed by atoms with Gasteiger partial charge in [-0.15, -0.1) is 0 Å². The Labute approximate surface area is 52.5 Å². The highest BCUT2D eigenvalue weighted by Crippen LogP contribution is 2.12. The Morgan fingerprint density at radius 1 is 1.50 bits per heavy atom. The predicted octanol–water partition coefficient (Wildman–Crippen LogP) is 1.81. The van der Waals surface area contributed by atoms with E-state index in [0.29, 0.717) is 5.92 Å². The SMILES string of the molecule is COPOCC(C)C. The number of hydrogen-bond donors (Lipinski definition) is 0. The van der Waals surface area contributed by atoms with Crippen LogP contribution >= 0.6 is 9.03 Å². The molecule has 0 N–H and O–H groups in total.